The number of nitrogens with one attached hydrogen (secondary N) is 1. The van der Waals surface area contributed by atoms with E-state index in [0.29, 0.717) is 0 Å². The lowest BCUT2D eigenvalue weighted by Gasteiger charge is -2.19. The standard InChI is InChI=1S/C5H14N4O2/c1-8(2)7-5(11)9(6)3-4-10/h10H,3-4,6H2,1-2H3,(H,7,11). The minimum atomic E-state index is -0.441. The number of carbonyl (C=O) groups excluding carboxylic acids is 1. The molecular weight excluding hydrogens is 148 g/mol. The summed E-state index contributed by atoms with van der Waals surface area (Å²) >= 11 is 0. The number of urea groups is 1. The molecule has 4 N–H and O–H groups in total. The van der Waals surface area contributed by atoms with Crippen LogP contribution in [0, 0.1) is 0 Å². The first-order chi connectivity index (χ1) is 5.07. The summed E-state index contributed by atoms with van der Waals surface area (Å²) in [6.45, 7) is -0.0168. The van der Waals surface area contributed by atoms with Crippen LogP contribution in [-0.2, 0) is 0 Å². The summed E-state index contributed by atoms with van der Waals surface area (Å²) in [6, 6.07) is -0.441. The maximum absolute atomic E-state index is 10.9. The maximum atomic E-state index is 10.9. The molecule has 0 saturated carbocycles. The van der Waals surface area contributed by atoms with Crippen molar-refractivity contribution in [2.45, 2.75) is 0 Å². The molecule has 66 valence electrons. The van der Waals surface area contributed by atoms with Crippen molar-refractivity contribution in [3.05, 3.63) is 0 Å². The van der Waals surface area contributed by atoms with Crippen LogP contribution in [0.5, 0.6) is 0 Å². The summed E-state index contributed by atoms with van der Waals surface area (Å²) in [6.07, 6.45) is 0. The quantitative estimate of drug-likeness (QED) is 0.263. The lowest BCUT2D eigenvalue weighted by molar-refractivity contribution is 0.156. The Labute approximate surface area is 65.5 Å². The van der Waals surface area contributed by atoms with Gasteiger partial charge in [-0.1, -0.05) is 0 Å². The van der Waals surface area contributed by atoms with E-state index >= 15 is 0 Å². The van der Waals surface area contributed by atoms with E-state index < -0.39 is 6.03 Å². The molecule has 0 spiro atoms. The van der Waals surface area contributed by atoms with Crippen molar-refractivity contribution in [2.24, 2.45) is 5.84 Å². The number of hydrogen-bond acceptors (Lipinski definition) is 4. The third-order valence-electron chi connectivity index (χ3n) is 0.921. The van der Waals surface area contributed by atoms with Gasteiger partial charge in [0, 0.05) is 14.1 Å². The highest BCUT2D eigenvalue weighted by atomic mass is 16.3. The number of hydrazine groups is 2. The van der Waals surface area contributed by atoms with Gasteiger partial charge in [0.15, 0.2) is 0 Å². The fourth-order valence-corrected chi connectivity index (χ4v) is 0.465. The van der Waals surface area contributed by atoms with Crippen LogP contribution in [-0.4, -0.2) is 48.4 Å². The molecule has 0 unspecified atom stereocenters. The van der Waals surface area contributed by atoms with E-state index in [2.05, 4.69) is 5.43 Å². The van der Waals surface area contributed by atoms with Gasteiger partial charge in [0.1, 0.15) is 0 Å². The predicted octanol–water partition coefficient (Wildman–Crippen LogP) is -1.66. The van der Waals surface area contributed by atoms with Crippen LogP contribution in [0.3, 0.4) is 0 Å². The van der Waals surface area contributed by atoms with Gasteiger partial charge in [0.25, 0.3) is 0 Å². The summed E-state index contributed by atoms with van der Waals surface area (Å²) in [5.74, 6) is 5.21. The fourth-order valence-electron chi connectivity index (χ4n) is 0.465. The number of aliphatic hydroxyl groups is 1. The average Bonchev–Trinajstić information content (AvgIpc) is 1.86. The van der Waals surface area contributed by atoms with Crippen molar-refractivity contribution < 1.29 is 9.90 Å². The zero-order valence-electron chi connectivity index (χ0n) is 6.74. The highest BCUT2D eigenvalue weighted by Gasteiger charge is 2.07. The highest BCUT2D eigenvalue weighted by Crippen LogP contribution is 1.78. The zero-order valence-corrected chi connectivity index (χ0v) is 6.74. The van der Waals surface area contributed by atoms with Gasteiger partial charge in [-0.3, -0.25) is 10.4 Å². The molecule has 0 aromatic rings. The molecule has 0 aromatic carbocycles. The largest absolute Gasteiger partial charge is 0.394 e. The monoisotopic (exact) mass is 162 g/mol. The molecule has 0 aromatic heterocycles. The summed E-state index contributed by atoms with van der Waals surface area (Å²) in [4.78, 5) is 10.9. The second-order valence-electron chi connectivity index (χ2n) is 2.23. The molecule has 0 aliphatic rings. The van der Waals surface area contributed by atoms with Crippen LogP contribution in [0.4, 0.5) is 4.79 Å². The van der Waals surface area contributed by atoms with Crippen LogP contribution in [0.1, 0.15) is 0 Å². The number of carbonyl (C=O) groups is 1. The van der Waals surface area contributed by atoms with Crippen LogP contribution in [0.25, 0.3) is 0 Å². The van der Waals surface area contributed by atoms with E-state index in [1.54, 1.807) is 14.1 Å². The summed E-state index contributed by atoms with van der Waals surface area (Å²) in [5.41, 5.74) is 2.41. The average molecular weight is 162 g/mol. The van der Waals surface area contributed by atoms with Crippen molar-refractivity contribution in [1.29, 1.82) is 0 Å². The lowest BCUT2D eigenvalue weighted by atomic mass is 10.7. The minimum absolute atomic E-state index is 0.125. The number of nitrogens with zero attached hydrogens (tertiary/aromatic N) is 2. The fraction of sp³-hybridized carbons (Fsp3) is 0.800. The Morgan fingerprint density at radius 1 is 1.64 bits per heavy atom. The molecule has 0 aliphatic heterocycles. The molecule has 0 heterocycles. The van der Waals surface area contributed by atoms with Gasteiger partial charge in [0.2, 0.25) is 0 Å². The van der Waals surface area contributed by atoms with E-state index in [4.69, 9.17) is 10.9 Å². The maximum Gasteiger partial charge on any atom is 0.346 e. The minimum Gasteiger partial charge on any atom is -0.394 e. The molecule has 6 nitrogen and oxygen atoms in total. The van der Waals surface area contributed by atoms with Gasteiger partial charge in [-0.05, 0) is 0 Å². The Morgan fingerprint density at radius 2 is 2.18 bits per heavy atom. The van der Waals surface area contributed by atoms with E-state index in [9.17, 15) is 4.79 Å². The smallest absolute Gasteiger partial charge is 0.346 e. The van der Waals surface area contributed by atoms with E-state index in [1.807, 2.05) is 0 Å². The Balaban J connectivity index is 3.64. The molecular formula is C5H14N4O2. The molecule has 0 fully saturated rings. The molecule has 2 amide bonds. The third-order valence-corrected chi connectivity index (χ3v) is 0.921. The first-order valence-corrected chi connectivity index (χ1v) is 3.19. The predicted molar refractivity (Wildman–Crippen MR) is 40.2 cm³/mol. The molecule has 0 saturated heterocycles. The van der Waals surface area contributed by atoms with Gasteiger partial charge >= 0.3 is 6.03 Å². The number of nitrogens with two attached hydrogens (primary N) is 1. The van der Waals surface area contributed by atoms with Gasteiger partial charge in [-0.15, -0.1) is 0 Å². The first kappa shape index (κ1) is 10.2. The molecule has 0 aliphatic carbocycles. The van der Waals surface area contributed by atoms with E-state index in [0.717, 1.165) is 5.01 Å². The molecule has 6 heteroatoms. The Hall–Kier alpha value is -0.850. The molecule has 0 bridgehead atoms. The molecule has 0 rings (SSSR count). The number of aliphatic hydroxyl groups excluding tert-OH is 1. The summed E-state index contributed by atoms with van der Waals surface area (Å²) in [7, 11) is 3.34. The van der Waals surface area contributed by atoms with Gasteiger partial charge in [-0.25, -0.2) is 15.6 Å². The third kappa shape index (κ3) is 4.54. The highest BCUT2D eigenvalue weighted by molar-refractivity contribution is 5.72. The van der Waals surface area contributed by atoms with Gasteiger partial charge < -0.3 is 5.11 Å². The van der Waals surface area contributed by atoms with Crippen LogP contribution >= 0.6 is 0 Å². The van der Waals surface area contributed by atoms with E-state index in [-0.39, 0.29) is 13.2 Å². The normalized spacial score (nSPS) is 9.91. The summed E-state index contributed by atoms with van der Waals surface area (Å²) in [5, 5.41) is 10.8. The number of amides is 2. The Bertz CT molecular complexity index is 128. The van der Waals surface area contributed by atoms with Crippen molar-refractivity contribution in [3.8, 4) is 0 Å². The molecule has 11 heavy (non-hydrogen) atoms. The summed E-state index contributed by atoms with van der Waals surface area (Å²) < 4.78 is 0. The Morgan fingerprint density at radius 3 is 2.55 bits per heavy atom. The van der Waals surface area contributed by atoms with Crippen LogP contribution < -0.4 is 11.3 Å². The lowest BCUT2D eigenvalue weighted by Crippen LogP contribution is -2.50. The number of hydrogen-bond donors (Lipinski definition) is 3. The Kier molecular flexibility index (Phi) is 4.51. The SMILES string of the molecule is CN(C)NC(=O)N(N)CCO. The van der Waals surface area contributed by atoms with Crippen LogP contribution in [0.2, 0.25) is 0 Å². The topological polar surface area (TPSA) is 81.8 Å². The second-order valence-corrected chi connectivity index (χ2v) is 2.23. The van der Waals surface area contributed by atoms with E-state index in [1.165, 1.54) is 5.01 Å². The van der Waals surface area contributed by atoms with Crippen LogP contribution in [0.15, 0.2) is 0 Å². The van der Waals surface area contributed by atoms with Gasteiger partial charge in [0.05, 0.1) is 13.2 Å². The van der Waals surface area contributed by atoms with Crippen molar-refractivity contribution in [2.75, 3.05) is 27.2 Å². The van der Waals surface area contributed by atoms with Crippen molar-refractivity contribution >= 4 is 6.03 Å². The van der Waals surface area contributed by atoms with Gasteiger partial charge in [-0.2, -0.15) is 0 Å². The molecule has 0 radical (unpaired) electrons. The first-order valence-electron chi connectivity index (χ1n) is 3.19. The van der Waals surface area contributed by atoms with Crippen molar-refractivity contribution in [1.82, 2.24) is 15.4 Å². The number of rotatable bonds is 3. The zero-order chi connectivity index (χ0) is 8.85. The second kappa shape index (κ2) is 4.89. The van der Waals surface area contributed by atoms with Crippen molar-refractivity contribution in [3.63, 3.8) is 0 Å². The molecule has 0 atom stereocenters.